The molecule has 0 atom stereocenters. The standard InChI is InChI=1S/C19H22ClN3O3/c1-2-26-18-11-15(20)4-3-14(18)13-22-19(24)17-12-16(5-6-21-17)23-7-9-25-10-8-23/h3-6,11-12H,2,7-10,13H2,1H3,(H,22,24). The quantitative estimate of drug-likeness (QED) is 0.841. The molecule has 0 bridgehead atoms. The second kappa shape index (κ2) is 8.87. The summed E-state index contributed by atoms with van der Waals surface area (Å²) in [5, 5.41) is 3.50. The second-order valence-electron chi connectivity index (χ2n) is 5.87. The van der Waals surface area contributed by atoms with Crippen LogP contribution in [0.15, 0.2) is 36.5 Å². The average Bonchev–Trinajstić information content (AvgIpc) is 2.68. The predicted molar refractivity (Wildman–Crippen MR) is 101 cm³/mol. The topological polar surface area (TPSA) is 63.7 Å². The SMILES string of the molecule is CCOc1cc(Cl)ccc1CNC(=O)c1cc(N2CCOCC2)ccn1. The minimum absolute atomic E-state index is 0.225. The first kappa shape index (κ1) is 18.5. The third-order valence-corrected chi connectivity index (χ3v) is 4.36. The number of morpholine rings is 1. The fourth-order valence-electron chi connectivity index (χ4n) is 2.79. The van der Waals surface area contributed by atoms with E-state index in [1.165, 1.54) is 0 Å². The molecule has 1 N–H and O–H groups in total. The molecule has 26 heavy (non-hydrogen) atoms. The van der Waals surface area contributed by atoms with E-state index in [9.17, 15) is 4.79 Å². The number of carbonyl (C=O) groups is 1. The highest BCUT2D eigenvalue weighted by atomic mass is 35.5. The summed E-state index contributed by atoms with van der Waals surface area (Å²) in [6, 6.07) is 9.11. The van der Waals surface area contributed by atoms with Gasteiger partial charge in [0.05, 0.1) is 19.8 Å². The summed E-state index contributed by atoms with van der Waals surface area (Å²) in [5.74, 6) is 0.452. The first-order chi connectivity index (χ1) is 12.7. The van der Waals surface area contributed by atoms with E-state index in [0.717, 1.165) is 24.3 Å². The van der Waals surface area contributed by atoms with Crippen LogP contribution in [0.5, 0.6) is 5.75 Å². The number of halogens is 1. The Bertz CT molecular complexity index is 763. The van der Waals surface area contributed by atoms with Gasteiger partial charge >= 0.3 is 0 Å². The van der Waals surface area contributed by atoms with Crippen molar-refractivity contribution in [3.05, 3.63) is 52.8 Å². The van der Waals surface area contributed by atoms with Gasteiger partial charge in [0.2, 0.25) is 0 Å². The molecule has 1 fully saturated rings. The lowest BCUT2D eigenvalue weighted by molar-refractivity contribution is 0.0945. The van der Waals surface area contributed by atoms with Crippen molar-refractivity contribution in [1.82, 2.24) is 10.3 Å². The Balaban J connectivity index is 1.67. The maximum absolute atomic E-state index is 12.5. The maximum Gasteiger partial charge on any atom is 0.270 e. The smallest absolute Gasteiger partial charge is 0.270 e. The number of pyridine rings is 1. The molecule has 1 aliphatic rings. The fraction of sp³-hybridized carbons (Fsp3) is 0.368. The van der Waals surface area contributed by atoms with E-state index in [4.69, 9.17) is 21.1 Å². The molecule has 1 aromatic heterocycles. The fourth-order valence-corrected chi connectivity index (χ4v) is 2.95. The lowest BCUT2D eigenvalue weighted by Gasteiger charge is -2.28. The van der Waals surface area contributed by atoms with E-state index in [-0.39, 0.29) is 5.91 Å². The van der Waals surface area contributed by atoms with Gasteiger partial charge < -0.3 is 19.7 Å². The lowest BCUT2D eigenvalue weighted by Crippen LogP contribution is -2.36. The molecule has 0 saturated carbocycles. The molecule has 6 nitrogen and oxygen atoms in total. The number of amides is 1. The van der Waals surface area contributed by atoms with Crippen LogP contribution in [0, 0.1) is 0 Å². The molecule has 0 unspecified atom stereocenters. The molecule has 138 valence electrons. The van der Waals surface area contributed by atoms with Gasteiger partial charge in [-0.25, -0.2) is 0 Å². The molecule has 1 aliphatic heterocycles. The zero-order chi connectivity index (χ0) is 18.4. The molecule has 0 aliphatic carbocycles. The van der Waals surface area contributed by atoms with Crippen LogP contribution in [0.1, 0.15) is 23.0 Å². The van der Waals surface area contributed by atoms with Crippen molar-refractivity contribution in [3.8, 4) is 5.75 Å². The van der Waals surface area contributed by atoms with Crippen molar-refractivity contribution in [2.45, 2.75) is 13.5 Å². The number of aromatic nitrogens is 1. The summed E-state index contributed by atoms with van der Waals surface area (Å²) >= 11 is 6.01. The highest BCUT2D eigenvalue weighted by molar-refractivity contribution is 6.30. The number of hydrogen-bond acceptors (Lipinski definition) is 5. The summed E-state index contributed by atoms with van der Waals surface area (Å²) < 4.78 is 11.0. The molecular weight excluding hydrogens is 354 g/mol. The predicted octanol–water partition coefficient (Wildman–Crippen LogP) is 2.90. The van der Waals surface area contributed by atoms with Crippen molar-refractivity contribution in [2.75, 3.05) is 37.8 Å². The summed E-state index contributed by atoms with van der Waals surface area (Å²) in [6.07, 6.45) is 1.66. The number of ether oxygens (including phenoxy) is 2. The third kappa shape index (κ3) is 4.65. The minimum atomic E-state index is -0.225. The van der Waals surface area contributed by atoms with Gasteiger partial charge in [0, 0.05) is 42.1 Å². The number of rotatable bonds is 6. The number of nitrogens with one attached hydrogen (secondary N) is 1. The van der Waals surface area contributed by atoms with Crippen molar-refractivity contribution in [3.63, 3.8) is 0 Å². The summed E-state index contributed by atoms with van der Waals surface area (Å²) in [6.45, 7) is 5.80. The van der Waals surface area contributed by atoms with E-state index >= 15 is 0 Å². The van der Waals surface area contributed by atoms with Gasteiger partial charge in [-0.2, -0.15) is 0 Å². The Hall–Kier alpha value is -2.31. The maximum atomic E-state index is 12.5. The molecule has 0 spiro atoms. The van der Waals surface area contributed by atoms with E-state index in [2.05, 4.69) is 15.2 Å². The zero-order valence-corrected chi connectivity index (χ0v) is 15.5. The van der Waals surface area contributed by atoms with Crippen LogP contribution in [-0.2, 0) is 11.3 Å². The number of carbonyl (C=O) groups excluding carboxylic acids is 1. The Morgan fingerprint density at radius 2 is 2.12 bits per heavy atom. The molecule has 2 heterocycles. The molecule has 2 aromatic rings. The minimum Gasteiger partial charge on any atom is -0.493 e. The van der Waals surface area contributed by atoms with E-state index < -0.39 is 0 Å². The molecule has 7 heteroatoms. The zero-order valence-electron chi connectivity index (χ0n) is 14.7. The first-order valence-corrected chi connectivity index (χ1v) is 9.03. The highest BCUT2D eigenvalue weighted by Crippen LogP contribution is 2.23. The molecule has 1 saturated heterocycles. The summed E-state index contributed by atoms with van der Waals surface area (Å²) in [7, 11) is 0. The Labute approximate surface area is 158 Å². The number of hydrogen-bond donors (Lipinski definition) is 1. The van der Waals surface area contributed by atoms with Gasteiger partial charge in [-0.05, 0) is 31.2 Å². The number of benzene rings is 1. The van der Waals surface area contributed by atoms with Crippen LogP contribution < -0.4 is 15.0 Å². The monoisotopic (exact) mass is 375 g/mol. The largest absolute Gasteiger partial charge is 0.493 e. The molecule has 1 amide bonds. The van der Waals surface area contributed by atoms with Gasteiger partial charge in [-0.15, -0.1) is 0 Å². The summed E-state index contributed by atoms with van der Waals surface area (Å²) in [4.78, 5) is 18.9. The third-order valence-electron chi connectivity index (χ3n) is 4.12. The molecular formula is C19H22ClN3O3. The van der Waals surface area contributed by atoms with Crippen LogP contribution in [0.4, 0.5) is 5.69 Å². The Morgan fingerprint density at radius 3 is 2.88 bits per heavy atom. The van der Waals surface area contributed by atoms with E-state index in [1.807, 2.05) is 25.1 Å². The highest BCUT2D eigenvalue weighted by Gasteiger charge is 2.15. The van der Waals surface area contributed by atoms with Crippen molar-refractivity contribution < 1.29 is 14.3 Å². The van der Waals surface area contributed by atoms with Crippen LogP contribution >= 0.6 is 11.6 Å². The van der Waals surface area contributed by atoms with Crippen LogP contribution in [0.25, 0.3) is 0 Å². The van der Waals surface area contributed by atoms with Crippen LogP contribution in [0.3, 0.4) is 0 Å². The average molecular weight is 376 g/mol. The van der Waals surface area contributed by atoms with Gasteiger partial charge in [0.15, 0.2) is 0 Å². The second-order valence-corrected chi connectivity index (χ2v) is 6.30. The van der Waals surface area contributed by atoms with E-state index in [1.54, 1.807) is 18.3 Å². The first-order valence-electron chi connectivity index (χ1n) is 8.65. The van der Waals surface area contributed by atoms with Crippen LogP contribution in [-0.4, -0.2) is 43.8 Å². The van der Waals surface area contributed by atoms with Gasteiger partial charge in [0.25, 0.3) is 5.91 Å². The van der Waals surface area contributed by atoms with Gasteiger partial charge in [-0.1, -0.05) is 17.7 Å². The lowest BCUT2D eigenvalue weighted by atomic mass is 10.2. The van der Waals surface area contributed by atoms with Gasteiger partial charge in [-0.3, -0.25) is 9.78 Å². The normalized spacial score (nSPS) is 14.2. The van der Waals surface area contributed by atoms with Crippen molar-refractivity contribution in [1.29, 1.82) is 0 Å². The Morgan fingerprint density at radius 1 is 1.31 bits per heavy atom. The Kier molecular flexibility index (Phi) is 6.30. The number of nitrogens with zero attached hydrogens (tertiary/aromatic N) is 2. The van der Waals surface area contributed by atoms with E-state index in [0.29, 0.717) is 42.8 Å². The summed E-state index contributed by atoms with van der Waals surface area (Å²) in [5.41, 5.74) is 2.24. The molecule has 0 radical (unpaired) electrons. The van der Waals surface area contributed by atoms with Crippen LogP contribution in [0.2, 0.25) is 5.02 Å². The molecule has 1 aromatic carbocycles. The number of anilines is 1. The van der Waals surface area contributed by atoms with Crippen molar-refractivity contribution >= 4 is 23.2 Å². The molecule has 3 rings (SSSR count). The van der Waals surface area contributed by atoms with Gasteiger partial charge in [0.1, 0.15) is 11.4 Å². The van der Waals surface area contributed by atoms with Crippen molar-refractivity contribution in [2.24, 2.45) is 0 Å².